The van der Waals surface area contributed by atoms with Gasteiger partial charge in [-0.3, -0.25) is 0 Å². The van der Waals surface area contributed by atoms with Crippen molar-refractivity contribution < 1.29 is 4.43 Å². The molecule has 0 rings (SSSR count). The standard InChI is InChI=1S/C10H23OSi.C4H9.BrH.Mg/c1-4-5-6-7-8-9-10-11-12(2)3;1-4(2)3;;/h12H,1,4-10H2,2-3H3;1-3H3;1H;/q2*-1;;+2. The topological polar surface area (TPSA) is 9.23 Å². The molecule has 0 saturated carbocycles. The predicted octanol–water partition coefficient (Wildman–Crippen LogP) is 4.98. The molecule has 0 unspecified atom stereocenters. The fraction of sp³-hybridized carbons (Fsp3) is 0.857. The first-order chi connectivity index (χ1) is 7.50. The quantitative estimate of drug-likeness (QED) is 0.341. The second-order valence-corrected chi connectivity index (χ2v) is 7.47. The van der Waals surface area contributed by atoms with Gasteiger partial charge in [0.05, 0.1) is 0 Å². The first kappa shape index (κ1) is 27.7. The van der Waals surface area contributed by atoms with Gasteiger partial charge in [0.2, 0.25) is 0 Å². The molecule has 0 aromatic carbocycles. The summed E-state index contributed by atoms with van der Waals surface area (Å²) in [6, 6.07) is 0. The van der Waals surface area contributed by atoms with Crippen LogP contribution in [0.4, 0.5) is 0 Å². The Morgan fingerprint density at radius 1 is 0.944 bits per heavy atom. The Hall–Kier alpha value is 1.42. The first-order valence-corrected chi connectivity index (χ1v) is 9.46. The summed E-state index contributed by atoms with van der Waals surface area (Å²) in [7, 11) is -0.745. The van der Waals surface area contributed by atoms with Crippen molar-refractivity contribution in [2.75, 3.05) is 6.61 Å². The van der Waals surface area contributed by atoms with Crippen LogP contribution < -0.4 is 0 Å². The van der Waals surface area contributed by atoms with Crippen molar-refractivity contribution in [1.29, 1.82) is 0 Å². The summed E-state index contributed by atoms with van der Waals surface area (Å²) in [5, 5.41) is 0. The van der Waals surface area contributed by atoms with Crippen LogP contribution in [0.5, 0.6) is 0 Å². The maximum atomic E-state index is 5.57. The summed E-state index contributed by atoms with van der Waals surface area (Å²) in [6.45, 7) is 15.5. The number of rotatable bonds is 8. The molecule has 0 atom stereocenters. The predicted molar refractivity (Wildman–Crippen MR) is 94.2 cm³/mol. The Morgan fingerprint density at radius 3 is 1.72 bits per heavy atom. The van der Waals surface area contributed by atoms with Crippen LogP contribution in [0.2, 0.25) is 13.1 Å². The zero-order chi connectivity index (χ0) is 12.8. The minimum atomic E-state index is -0.745. The second kappa shape index (κ2) is 23.5. The molecule has 0 aliphatic rings. The van der Waals surface area contributed by atoms with E-state index in [1.165, 1.54) is 38.0 Å². The molecule has 0 bridgehead atoms. The molecule has 0 radical (unpaired) electrons. The van der Waals surface area contributed by atoms with Crippen molar-refractivity contribution in [1.82, 2.24) is 0 Å². The van der Waals surface area contributed by atoms with Gasteiger partial charge in [-0.1, -0.05) is 25.7 Å². The SMILES string of the molecule is Br.C[C-](C)C.[CH2-]CCCCCCCO[SiH](C)C.[Mg+2]. The average Bonchev–Trinajstić information content (AvgIpc) is 2.15. The Morgan fingerprint density at radius 2 is 1.33 bits per heavy atom. The van der Waals surface area contributed by atoms with E-state index in [0.717, 1.165) is 13.0 Å². The molecule has 4 heteroatoms. The molecule has 0 aliphatic carbocycles. The van der Waals surface area contributed by atoms with E-state index in [9.17, 15) is 0 Å². The minimum Gasteiger partial charge on any atom is -0.421 e. The molecule has 0 heterocycles. The fourth-order valence-electron chi connectivity index (χ4n) is 1.13. The summed E-state index contributed by atoms with van der Waals surface area (Å²) >= 11 is 0. The molecule has 0 aromatic rings. The summed E-state index contributed by atoms with van der Waals surface area (Å²) in [4.78, 5) is 0. The largest absolute Gasteiger partial charge is 2.00 e. The van der Waals surface area contributed by atoms with Crippen LogP contribution >= 0.6 is 17.0 Å². The van der Waals surface area contributed by atoms with Crippen LogP contribution in [0.25, 0.3) is 0 Å². The molecule has 0 aliphatic heterocycles. The van der Waals surface area contributed by atoms with Gasteiger partial charge in [-0.05, 0) is 19.5 Å². The van der Waals surface area contributed by atoms with Gasteiger partial charge in [0.15, 0.2) is 9.04 Å². The zero-order valence-corrected chi connectivity index (χ0v) is 17.5. The van der Waals surface area contributed by atoms with E-state index in [-0.39, 0.29) is 40.0 Å². The first-order valence-electron chi connectivity index (χ1n) is 6.68. The second-order valence-electron chi connectivity index (χ2n) is 5.04. The van der Waals surface area contributed by atoms with Crippen molar-refractivity contribution >= 4 is 49.1 Å². The molecule has 0 amide bonds. The molecule has 18 heavy (non-hydrogen) atoms. The van der Waals surface area contributed by atoms with E-state index in [2.05, 4.69) is 40.8 Å². The van der Waals surface area contributed by atoms with Crippen molar-refractivity contribution in [3.63, 3.8) is 0 Å². The third-order valence-corrected chi connectivity index (χ3v) is 2.75. The Bertz CT molecular complexity index is 122. The van der Waals surface area contributed by atoms with E-state index in [4.69, 9.17) is 4.43 Å². The average molecular weight is 350 g/mol. The molecule has 1 nitrogen and oxygen atoms in total. The van der Waals surface area contributed by atoms with E-state index >= 15 is 0 Å². The number of halogens is 1. The van der Waals surface area contributed by atoms with Crippen molar-refractivity contribution in [3.8, 4) is 0 Å². The van der Waals surface area contributed by atoms with E-state index in [0.29, 0.717) is 0 Å². The Balaban J connectivity index is -0.000000143. The van der Waals surface area contributed by atoms with Gasteiger partial charge in [0.1, 0.15) is 0 Å². The molecule has 0 aromatic heterocycles. The zero-order valence-electron chi connectivity index (χ0n) is 13.3. The van der Waals surface area contributed by atoms with E-state index in [1.807, 2.05) is 0 Å². The van der Waals surface area contributed by atoms with Gasteiger partial charge in [-0.2, -0.15) is 27.2 Å². The van der Waals surface area contributed by atoms with Crippen molar-refractivity contribution in [3.05, 3.63) is 12.8 Å². The van der Waals surface area contributed by atoms with Crippen LogP contribution in [0.3, 0.4) is 0 Å². The molecule has 0 N–H and O–H groups in total. The molecule has 108 valence electrons. The number of unbranched alkanes of at least 4 members (excludes halogenated alkanes) is 5. The summed E-state index contributed by atoms with van der Waals surface area (Å²) in [5.41, 5.74) is 0. The maximum Gasteiger partial charge on any atom is 2.00 e. The fourth-order valence-corrected chi connectivity index (χ4v) is 1.77. The van der Waals surface area contributed by atoms with Crippen LogP contribution in [0.1, 0.15) is 59.3 Å². The molecule has 0 saturated heterocycles. The smallest absolute Gasteiger partial charge is 0.421 e. The summed E-state index contributed by atoms with van der Waals surface area (Å²) < 4.78 is 5.57. The van der Waals surface area contributed by atoms with Gasteiger partial charge < -0.3 is 17.3 Å². The Kier molecular flexibility index (Phi) is 36.2. The van der Waals surface area contributed by atoms with Gasteiger partial charge in [-0.15, -0.1) is 17.0 Å². The van der Waals surface area contributed by atoms with Crippen LogP contribution in [0, 0.1) is 12.8 Å². The maximum absolute atomic E-state index is 5.57. The summed E-state index contributed by atoms with van der Waals surface area (Å²) in [6.07, 6.45) is 7.68. The Labute approximate surface area is 144 Å². The van der Waals surface area contributed by atoms with Crippen LogP contribution in [-0.4, -0.2) is 38.7 Å². The summed E-state index contributed by atoms with van der Waals surface area (Å²) in [5.74, 6) is 1.42. The van der Waals surface area contributed by atoms with Gasteiger partial charge in [-0.25, -0.2) is 0 Å². The molecule has 0 fully saturated rings. The minimum absolute atomic E-state index is 0. The third-order valence-electron chi connectivity index (χ3n) is 1.85. The van der Waals surface area contributed by atoms with Crippen LogP contribution in [-0.2, 0) is 4.43 Å². The van der Waals surface area contributed by atoms with Crippen LogP contribution in [0.15, 0.2) is 0 Å². The third kappa shape index (κ3) is 43.3. The molecular formula is C14H33BrMgOSi. The van der Waals surface area contributed by atoms with E-state index < -0.39 is 9.04 Å². The van der Waals surface area contributed by atoms with Gasteiger partial charge in [0.25, 0.3) is 0 Å². The number of hydrogen-bond acceptors (Lipinski definition) is 1. The number of hydrogen-bond donors (Lipinski definition) is 0. The van der Waals surface area contributed by atoms with Gasteiger partial charge >= 0.3 is 23.1 Å². The van der Waals surface area contributed by atoms with Gasteiger partial charge in [0, 0.05) is 6.61 Å². The van der Waals surface area contributed by atoms with E-state index in [1.54, 1.807) is 0 Å². The monoisotopic (exact) mass is 348 g/mol. The molecular weight excluding hydrogens is 316 g/mol. The van der Waals surface area contributed by atoms with Crippen molar-refractivity contribution in [2.24, 2.45) is 0 Å². The van der Waals surface area contributed by atoms with Crippen molar-refractivity contribution in [2.45, 2.75) is 72.4 Å². The normalized spacial score (nSPS) is 9.33. The molecule has 0 spiro atoms.